The molecule has 35 heavy (non-hydrogen) atoms. The number of aromatic amines is 1. The maximum Gasteiger partial charge on any atom is 0.264 e. The Morgan fingerprint density at radius 3 is 2.43 bits per heavy atom. The van der Waals surface area contributed by atoms with Crippen LogP contribution in [0.15, 0.2) is 43.0 Å². The molecule has 1 aromatic heterocycles. The van der Waals surface area contributed by atoms with Crippen LogP contribution in [0.3, 0.4) is 0 Å². The molecule has 0 spiro atoms. The van der Waals surface area contributed by atoms with Gasteiger partial charge in [0.15, 0.2) is 0 Å². The van der Waals surface area contributed by atoms with Crippen molar-refractivity contribution in [3.63, 3.8) is 0 Å². The third-order valence-corrected chi connectivity index (χ3v) is 7.98. The summed E-state index contributed by atoms with van der Waals surface area (Å²) in [5.74, 6) is -0.663. The fraction of sp³-hybridized carbons (Fsp3) is 0.393. The molecule has 3 aromatic rings. The molecule has 0 saturated carbocycles. The SMILES string of the molecule is C=C(CCCC)c1ccc(Cc2c(C)[nH]c3ccc(C(=O)NS(=O)(=O)CCCCC)cc23)c(Cl)c1. The molecule has 0 fully saturated rings. The zero-order chi connectivity index (χ0) is 25.6. The van der Waals surface area contributed by atoms with E-state index >= 15 is 0 Å². The minimum atomic E-state index is -3.66. The Bertz CT molecular complexity index is 1330. The van der Waals surface area contributed by atoms with Gasteiger partial charge in [0.05, 0.1) is 5.75 Å². The van der Waals surface area contributed by atoms with Crippen LogP contribution in [0.4, 0.5) is 0 Å². The Morgan fingerprint density at radius 1 is 1.03 bits per heavy atom. The minimum Gasteiger partial charge on any atom is -0.358 e. The number of carbonyl (C=O) groups excluding carboxylic acids is 1. The Balaban J connectivity index is 1.84. The highest BCUT2D eigenvalue weighted by Crippen LogP contribution is 2.30. The molecule has 0 radical (unpaired) electrons. The number of rotatable bonds is 12. The van der Waals surface area contributed by atoms with Gasteiger partial charge in [0.25, 0.3) is 5.91 Å². The maximum absolute atomic E-state index is 12.7. The van der Waals surface area contributed by atoms with Crippen molar-refractivity contribution in [3.8, 4) is 0 Å². The number of hydrogen-bond acceptors (Lipinski definition) is 3. The van der Waals surface area contributed by atoms with E-state index < -0.39 is 15.9 Å². The van der Waals surface area contributed by atoms with Crippen molar-refractivity contribution in [3.05, 3.63) is 75.9 Å². The van der Waals surface area contributed by atoms with Crippen LogP contribution in [0.2, 0.25) is 5.02 Å². The monoisotopic (exact) mass is 514 g/mol. The topological polar surface area (TPSA) is 79.0 Å². The smallest absolute Gasteiger partial charge is 0.264 e. The first kappa shape index (κ1) is 27.0. The Labute approximate surface area is 214 Å². The lowest BCUT2D eigenvalue weighted by Gasteiger charge is -2.10. The summed E-state index contributed by atoms with van der Waals surface area (Å²) in [6, 6.07) is 11.3. The van der Waals surface area contributed by atoms with Crippen LogP contribution in [0, 0.1) is 6.92 Å². The average molecular weight is 515 g/mol. The molecule has 7 heteroatoms. The Morgan fingerprint density at radius 2 is 1.74 bits per heavy atom. The normalized spacial score (nSPS) is 11.7. The standard InChI is InChI=1S/C28H35ClN2O3S/c1-5-7-9-15-35(33,34)31-28(32)23-13-14-27-25(17-23)24(20(4)30-27)16-22-12-11-21(18-26(22)29)19(3)10-8-6-2/h11-14,17-18,30H,3,5-10,15-16H2,1-2,4H3,(H,31,32). The molecule has 0 aliphatic rings. The fourth-order valence-corrected chi connectivity index (χ4v) is 5.51. The van der Waals surface area contributed by atoms with Crippen molar-refractivity contribution in [2.24, 2.45) is 0 Å². The van der Waals surface area contributed by atoms with Gasteiger partial charge in [0, 0.05) is 33.6 Å². The van der Waals surface area contributed by atoms with Crippen LogP contribution in [0.25, 0.3) is 16.5 Å². The molecule has 3 rings (SSSR count). The molecule has 0 saturated heterocycles. The lowest BCUT2D eigenvalue weighted by Crippen LogP contribution is -2.32. The van der Waals surface area contributed by atoms with E-state index in [0.29, 0.717) is 23.4 Å². The first-order valence-corrected chi connectivity index (χ1v) is 14.3. The lowest BCUT2D eigenvalue weighted by atomic mass is 9.97. The van der Waals surface area contributed by atoms with Crippen LogP contribution in [0.5, 0.6) is 0 Å². The highest BCUT2D eigenvalue weighted by molar-refractivity contribution is 7.90. The zero-order valence-electron chi connectivity index (χ0n) is 20.8. The number of benzene rings is 2. The molecule has 0 aliphatic heterocycles. The summed E-state index contributed by atoms with van der Waals surface area (Å²) >= 11 is 6.65. The van der Waals surface area contributed by atoms with Crippen LogP contribution < -0.4 is 4.72 Å². The predicted octanol–water partition coefficient (Wildman–Crippen LogP) is 7.17. The second kappa shape index (κ2) is 11.9. The van der Waals surface area contributed by atoms with Crippen molar-refractivity contribution in [2.75, 3.05) is 5.75 Å². The highest BCUT2D eigenvalue weighted by atomic mass is 35.5. The van der Waals surface area contributed by atoms with Crippen LogP contribution in [-0.4, -0.2) is 25.1 Å². The van der Waals surface area contributed by atoms with Gasteiger partial charge in [-0.2, -0.15) is 0 Å². The molecule has 0 bridgehead atoms. The van der Waals surface area contributed by atoms with Gasteiger partial charge in [-0.3, -0.25) is 4.79 Å². The van der Waals surface area contributed by atoms with Gasteiger partial charge in [0.2, 0.25) is 10.0 Å². The molecule has 1 heterocycles. The molecular formula is C28H35ClN2O3S. The van der Waals surface area contributed by atoms with Crippen molar-refractivity contribution in [1.82, 2.24) is 9.71 Å². The molecule has 0 atom stereocenters. The maximum atomic E-state index is 12.7. The molecule has 1 amide bonds. The number of halogens is 1. The van der Waals surface area contributed by atoms with Gasteiger partial charge < -0.3 is 4.98 Å². The van der Waals surface area contributed by atoms with E-state index in [-0.39, 0.29) is 5.75 Å². The first-order valence-electron chi connectivity index (χ1n) is 12.3. The summed E-state index contributed by atoms with van der Waals surface area (Å²) < 4.78 is 26.8. The second-order valence-corrected chi connectivity index (χ2v) is 11.4. The number of hydrogen-bond donors (Lipinski definition) is 2. The molecule has 5 nitrogen and oxygen atoms in total. The first-order chi connectivity index (χ1) is 16.6. The fourth-order valence-electron chi connectivity index (χ4n) is 4.18. The van der Waals surface area contributed by atoms with E-state index in [4.69, 9.17) is 11.6 Å². The van der Waals surface area contributed by atoms with E-state index in [2.05, 4.69) is 29.3 Å². The molecule has 0 aliphatic carbocycles. The second-order valence-electron chi connectivity index (χ2n) is 9.14. The highest BCUT2D eigenvalue weighted by Gasteiger charge is 2.18. The molecule has 2 aromatic carbocycles. The summed E-state index contributed by atoms with van der Waals surface area (Å²) in [5.41, 5.74) is 6.34. The lowest BCUT2D eigenvalue weighted by molar-refractivity contribution is 0.0981. The van der Waals surface area contributed by atoms with Crippen molar-refractivity contribution < 1.29 is 13.2 Å². The third-order valence-electron chi connectivity index (χ3n) is 6.31. The van der Waals surface area contributed by atoms with Crippen LogP contribution in [0.1, 0.15) is 85.1 Å². The molecule has 188 valence electrons. The van der Waals surface area contributed by atoms with Crippen LogP contribution in [-0.2, 0) is 16.4 Å². The van der Waals surface area contributed by atoms with Crippen LogP contribution >= 0.6 is 11.6 Å². The predicted molar refractivity (Wildman–Crippen MR) is 147 cm³/mol. The van der Waals surface area contributed by atoms with Crippen molar-refractivity contribution in [1.29, 1.82) is 0 Å². The summed E-state index contributed by atoms with van der Waals surface area (Å²) in [5, 5.41) is 1.56. The Kier molecular flexibility index (Phi) is 9.20. The van der Waals surface area contributed by atoms with Gasteiger partial charge in [-0.25, -0.2) is 13.1 Å². The average Bonchev–Trinajstić information content (AvgIpc) is 3.12. The summed E-state index contributed by atoms with van der Waals surface area (Å²) in [6.07, 6.45) is 6.02. The van der Waals surface area contributed by atoms with Crippen molar-refractivity contribution in [2.45, 2.75) is 65.7 Å². The molecule has 0 unspecified atom stereocenters. The number of amides is 1. The van der Waals surface area contributed by atoms with E-state index in [1.165, 1.54) is 0 Å². The summed E-state index contributed by atoms with van der Waals surface area (Å²) in [4.78, 5) is 16.1. The van der Waals surface area contributed by atoms with Gasteiger partial charge >= 0.3 is 0 Å². The van der Waals surface area contributed by atoms with E-state index in [1.54, 1.807) is 12.1 Å². The van der Waals surface area contributed by atoms with Gasteiger partial charge in [0.1, 0.15) is 0 Å². The number of sulfonamides is 1. The van der Waals surface area contributed by atoms with E-state index in [0.717, 1.165) is 71.0 Å². The summed E-state index contributed by atoms with van der Waals surface area (Å²) in [6.45, 7) is 10.3. The van der Waals surface area contributed by atoms with E-state index in [9.17, 15) is 13.2 Å². The minimum absolute atomic E-state index is 0.0529. The number of aryl methyl sites for hydroxylation is 1. The quantitative estimate of drug-likeness (QED) is 0.251. The third kappa shape index (κ3) is 6.98. The van der Waals surface area contributed by atoms with Gasteiger partial charge in [-0.1, -0.05) is 63.4 Å². The number of carbonyl (C=O) groups is 1. The number of allylic oxidation sites excluding steroid dienone is 1. The molecular weight excluding hydrogens is 480 g/mol. The zero-order valence-corrected chi connectivity index (χ0v) is 22.4. The number of fused-ring (bicyclic) bond motifs is 1. The van der Waals surface area contributed by atoms with E-state index in [1.807, 2.05) is 32.0 Å². The van der Waals surface area contributed by atoms with Gasteiger partial charge in [-0.15, -0.1) is 0 Å². The Hall–Kier alpha value is -2.57. The molecule has 2 N–H and O–H groups in total. The van der Waals surface area contributed by atoms with Gasteiger partial charge in [-0.05, 0) is 72.7 Å². The largest absolute Gasteiger partial charge is 0.358 e. The number of nitrogens with one attached hydrogen (secondary N) is 2. The van der Waals surface area contributed by atoms with Crippen molar-refractivity contribution >= 4 is 44.0 Å². The number of aromatic nitrogens is 1. The summed E-state index contributed by atoms with van der Waals surface area (Å²) in [7, 11) is -3.66. The number of H-pyrrole nitrogens is 1. The number of unbranched alkanes of at least 4 members (excludes halogenated alkanes) is 3.